The van der Waals surface area contributed by atoms with E-state index < -0.39 is 0 Å². The lowest BCUT2D eigenvalue weighted by molar-refractivity contribution is -0.124. The highest BCUT2D eigenvalue weighted by molar-refractivity contribution is 6.19. The Labute approximate surface area is 79.2 Å². The zero-order valence-electron chi connectivity index (χ0n) is 8.89. The Morgan fingerprint density at radius 3 is 1.69 bits per heavy atom. The average molecular weight is 183 g/mol. The highest BCUT2D eigenvalue weighted by Crippen LogP contribution is 2.19. The second kappa shape index (κ2) is 4.80. The molecule has 0 spiro atoms. The second-order valence-electron chi connectivity index (χ2n) is 2.98. The summed E-state index contributed by atoms with van der Waals surface area (Å²) in [4.78, 5) is 22.0. The fourth-order valence-corrected chi connectivity index (χ4v) is 1.25. The van der Waals surface area contributed by atoms with E-state index in [0.717, 1.165) is 0 Å². The van der Waals surface area contributed by atoms with E-state index in [-0.39, 0.29) is 17.7 Å². The smallest absolute Gasteiger partial charge is 0.254 e. The topological polar surface area (TPSA) is 46.2 Å². The van der Waals surface area contributed by atoms with Crippen LogP contribution in [0.4, 0.5) is 0 Å². The molecule has 3 nitrogen and oxygen atoms in total. The van der Waals surface area contributed by atoms with Gasteiger partial charge in [-0.05, 0) is 12.8 Å². The van der Waals surface area contributed by atoms with E-state index in [1.165, 1.54) is 0 Å². The summed E-state index contributed by atoms with van der Waals surface area (Å²) in [6.07, 6.45) is 0. The molecule has 13 heavy (non-hydrogen) atoms. The lowest BCUT2D eigenvalue weighted by Crippen LogP contribution is -2.23. The molecule has 0 radical (unpaired) electrons. The highest BCUT2D eigenvalue weighted by atomic mass is 16.2. The Bertz CT molecular complexity index is 252. The molecule has 1 aliphatic rings. The molecule has 0 bridgehead atoms. The van der Waals surface area contributed by atoms with Gasteiger partial charge in [0, 0.05) is 11.1 Å². The summed E-state index contributed by atoms with van der Waals surface area (Å²) in [7, 11) is 0. The first-order chi connectivity index (χ1) is 6.04. The molecule has 0 atom stereocenters. The molecule has 0 fully saturated rings. The van der Waals surface area contributed by atoms with Crippen LogP contribution in [0.5, 0.6) is 0 Å². The minimum Gasteiger partial charge on any atom is -0.289 e. The van der Waals surface area contributed by atoms with E-state index in [0.29, 0.717) is 11.1 Å². The summed E-state index contributed by atoms with van der Waals surface area (Å²) in [6, 6.07) is 0. The third kappa shape index (κ3) is 2.41. The zero-order valence-corrected chi connectivity index (χ0v) is 8.89. The maximum absolute atomic E-state index is 11.0. The second-order valence-corrected chi connectivity index (χ2v) is 2.98. The molecule has 3 heteroatoms. The van der Waals surface area contributed by atoms with Gasteiger partial charge in [0.1, 0.15) is 0 Å². The molecule has 74 valence electrons. The summed E-state index contributed by atoms with van der Waals surface area (Å²) in [5.41, 5.74) is 1.18. The number of hydrogen-bond acceptors (Lipinski definition) is 2. The van der Waals surface area contributed by atoms with Gasteiger partial charge in [-0.1, -0.05) is 27.7 Å². The molecule has 0 aliphatic carbocycles. The summed E-state index contributed by atoms with van der Waals surface area (Å²) in [6.45, 7) is 9.48. The summed E-state index contributed by atoms with van der Waals surface area (Å²) in [5, 5.41) is 2.25. The van der Waals surface area contributed by atoms with Gasteiger partial charge in [-0.3, -0.25) is 14.9 Å². The van der Waals surface area contributed by atoms with Crippen LogP contribution < -0.4 is 5.32 Å². The maximum atomic E-state index is 11.0. The Morgan fingerprint density at radius 2 is 1.54 bits per heavy atom. The van der Waals surface area contributed by atoms with Crippen molar-refractivity contribution in [2.24, 2.45) is 5.92 Å². The first-order valence-corrected chi connectivity index (χ1v) is 4.60. The van der Waals surface area contributed by atoms with Gasteiger partial charge in [-0.2, -0.15) is 0 Å². The van der Waals surface area contributed by atoms with Crippen LogP contribution >= 0.6 is 0 Å². The molecule has 1 heterocycles. The molecule has 2 amide bonds. The maximum Gasteiger partial charge on any atom is 0.254 e. The van der Waals surface area contributed by atoms with Crippen molar-refractivity contribution in [2.45, 2.75) is 34.6 Å². The van der Waals surface area contributed by atoms with Crippen molar-refractivity contribution in [1.29, 1.82) is 0 Å². The lowest BCUT2D eigenvalue weighted by atomic mass is 10.0. The van der Waals surface area contributed by atoms with E-state index >= 15 is 0 Å². The molecule has 1 aliphatic heterocycles. The van der Waals surface area contributed by atoms with E-state index in [1.54, 1.807) is 6.92 Å². The van der Waals surface area contributed by atoms with E-state index in [9.17, 15) is 9.59 Å². The van der Waals surface area contributed by atoms with Crippen molar-refractivity contribution < 1.29 is 9.59 Å². The van der Waals surface area contributed by atoms with Crippen LogP contribution in [0.15, 0.2) is 11.1 Å². The van der Waals surface area contributed by atoms with E-state index in [2.05, 4.69) is 5.32 Å². The van der Waals surface area contributed by atoms with Crippen molar-refractivity contribution in [1.82, 2.24) is 5.32 Å². The van der Waals surface area contributed by atoms with Gasteiger partial charge in [0.15, 0.2) is 0 Å². The Balaban J connectivity index is 0.000000671. The molecular formula is C10H17NO2. The molecule has 1 N–H and O–H groups in total. The van der Waals surface area contributed by atoms with Gasteiger partial charge >= 0.3 is 0 Å². The van der Waals surface area contributed by atoms with Gasteiger partial charge in [-0.25, -0.2) is 0 Å². The number of hydrogen-bond donors (Lipinski definition) is 1. The first kappa shape index (κ1) is 11.9. The molecule has 0 saturated carbocycles. The molecule has 0 aromatic heterocycles. The fraction of sp³-hybridized carbons (Fsp3) is 0.600. The quantitative estimate of drug-likeness (QED) is 0.628. The number of rotatable bonds is 1. The molecule has 0 unspecified atom stereocenters. The van der Waals surface area contributed by atoms with Crippen LogP contribution in [0.25, 0.3) is 0 Å². The molecule has 0 aromatic carbocycles. The number of carbonyl (C=O) groups excluding carboxylic acids is 2. The normalized spacial score (nSPS) is 15.8. The van der Waals surface area contributed by atoms with Crippen LogP contribution in [0, 0.1) is 5.92 Å². The first-order valence-electron chi connectivity index (χ1n) is 4.60. The van der Waals surface area contributed by atoms with Crippen molar-refractivity contribution in [3.05, 3.63) is 11.1 Å². The van der Waals surface area contributed by atoms with Gasteiger partial charge < -0.3 is 0 Å². The predicted molar refractivity (Wildman–Crippen MR) is 52.0 cm³/mol. The van der Waals surface area contributed by atoms with Crippen molar-refractivity contribution in [3.8, 4) is 0 Å². The average Bonchev–Trinajstić information content (AvgIpc) is 2.30. The highest BCUT2D eigenvalue weighted by Gasteiger charge is 2.28. The summed E-state index contributed by atoms with van der Waals surface area (Å²) >= 11 is 0. The minimum absolute atomic E-state index is 0.126. The van der Waals surface area contributed by atoms with Crippen molar-refractivity contribution in [2.75, 3.05) is 0 Å². The lowest BCUT2D eigenvalue weighted by Gasteiger charge is -2.02. The van der Waals surface area contributed by atoms with Crippen LogP contribution in [0.1, 0.15) is 34.6 Å². The summed E-state index contributed by atoms with van der Waals surface area (Å²) < 4.78 is 0. The largest absolute Gasteiger partial charge is 0.289 e. The van der Waals surface area contributed by atoms with Crippen LogP contribution in [-0.2, 0) is 9.59 Å². The van der Waals surface area contributed by atoms with Gasteiger partial charge in [-0.15, -0.1) is 0 Å². The molecule has 0 saturated heterocycles. The SMILES string of the molecule is CC.CC1=C(C(C)C)C(=O)NC1=O. The van der Waals surface area contributed by atoms with E-state index in [1.807, 2.05) is 27.7 Å². The van der Waals surface area contributed by atoms with Crippen LogP contribution in [-0.4, -0.2) is 11.8 Å². The van der Waals surface area contributed by atoms with Gasteiger partial charge in [0.2, 0.25) is 0 Å². The van der Waals surface area contributed by atoms with Gasteiger partial charge in [0.25, 0.3) is 11.8 Å². The molecular weight excluding hydrogens is 166 g/mol. The number of imide groups is 1. The Kier molecular flexibility index (Phi) is 4.38. The monoisotopic (exact) mass is 183 g/mol. The molecule has 1 rings (SSSR count). The Morgan fingerprint density at radius 1 is 1.08 bits per heavy atom. The van der Waals surface area contributed by atoms with Crippen LogP contribution in [0.3, 0.4) is 0 Å². The number of nitrogens with one attached hydrogen (secondary N) is 1. The standard InChI is InChI=1S/C8H11NO2.C2H6/c1-4(2)6-5(3)7(10)9-8(6)11;1-2/h4H,1-3H3,(H,9,10,11);1-2H3. The number of carbonyl (C=O) groups is 2. The number of amides is 2. The predicted octanol–water partition coefficient (Wildman–Crippen LogP) is 1.64. The third-order valence-electron chi connectivity index (χ3n) is 1.79. The zero-order chi connectivity index (χ0) is 10.6. The minimum atomic E-state index is -0.251. The summed E-state index contributed by atoms with van der Waals surface area (Å²) in [5.74, 6) is -0.359. The van der Waals surface area contributed by atoms with Crippen molar-refractivity contribution in [3.63, 3.8) is 0 Å². The third-order valence-corrected chi connectivity index (χ3v) is 1.79. The van der Waals surface area contributed by atoms with E-state index in [4.69, 9.17) is 0 Å². The fourth-order valence-electron chi connectivity index (χ4n) is 1.25. The Hall–Kier alpha value is -1.12. The molecule has 0 aromatic rings. The van der Waals surface area contributed by atoms with Gasteiger partial charge in [0.05, 0.1) is 0 Å². The van der Waals surface area contributed by atoms with Crippen LogP contribution in [0.2, 0.25) is 0 Å². The van der Waals surface area contributed by atoms with Crippen molar-refractivity contribution >= 4 is 11.8 Å².